The maximum absolute atomic E-state index is 13.6. The Balaban J connectivity index is 2.51. The van der Waals surface area contributed by atoms with Gasteiger partial charge in [-0.2, -0.15) is 4.39 Å². The van der Waals surface area contributed by atoms with Crippen molar-refractivity contribution in [2.45, 2.75) is 0 Å². The molecule has 104 valence electrons. The average molecular weight is 345 g/mol. The van der Waals surface area contributed by atoms with Crippen molar-refractivity contribution in [3.63, 3.8) is 0 Å². The molecule has 3 N–H and O–H groups in total. The predicted molar refractivity (Wildman–Crippen MR) is 71.5 cm³/mol. The van der Waals surface area contributed by atoms with E-state index >= 15 is 0 Å². The number of nitrogens with two attached hydrogens (primary N) is 1. The predicted octanol–water partition coefficient (Wildman–Crippen LogP) is 3.94. The fourth-order valence-corrected chi connectivity index (χ4v) is 1.98. The Hall–Kier alpha value is -2.02. The summed E-state index contributed by atoms with van der Waals surface area (Å²) in [5.41, 5.74) is 4.94. The van der Waals surface area contributed by atoms with Crippen LogP contribution in [0.4, 0.5) is 13.2 Å². The van der Waals surface area contributed by atoms with Crippen molar-refractivity contribution in [1.29, 1.82) is 5.41 Å². The number of benzene rings is 2. The zero-order chi connectivity index (χ0) is 14.9. The van der Waals surface area contributed by atoms with Gasteiger partial charge in [0.25, 0.3) is 0 Å². The molecule has 0 fully saturated rings. The molecule has 0 spiro atoms. The highest BCUT2D eigenvalue weighted by Crippen LogP contribution is 2.32. The zero-order valence-corrected chi connectivity index (χ0v) is 11.5. The van der Waals surface area contributed by atoms with Gasteiger partial charge in [-0.05, 0) is 24.3 Å². The minimum atomic E-state index is -1.22. The molecule has 0 radical (unpaired) electrons. The highest BCUT2D eigenvalue weighted by atomic mass is 79.9. The van der Waals surface area contributed by atoms with Crippen LogP contribution in [0.2, 0.25) is 0 Å². The van der Waals surface area contributed by atoms with Gasteiger partial charge in [0.05, 0.1) is 5.56 Å². The Morgan fingerprint density at radius 2 is 1.80 bits per heavy atom. The molecule has 0 aromatic heterocycles. The summed E-state index contributed by atoms with van der Waals surface area (Å²) in [6.07, 6.45) is 0. The van der Waals surface area contributed by atoms with E-state index in [1.807, 2.05) is 0 Å². The van der Waals surface area contributed by atoms with Crippen LogP contribution in [0.3, 0.4) is 0 Å². The monoisotopic (exact) mass is 344 g/mol. The summed E-state index contributed by atoms with van der Waals surface area (Å²) in [5.74, 6) is -4.30. The molecule has 0 saturated carbocycles. The standard InChI is InChI=1S/C13H8BrF3N2O/c14-6-4-8(16)12(17)10(5-6)20-9-3-1-2-7(15)11(9)13(18)19/h1-5H,(H3,18,19). The van der Waals surface area contributed by atoms with Crippen molar-refractivity contribution in [2.24, 2.45) is 5.73 Å². The van der Waals surface area contributed by atoms with E-state index in [0.717, 1.165) is 12.1 Å². The SMILES string of the molecule is N=C(N)c1c(F)cccc1Oc1cc(Br)cc(F)c1F. The van der Waals surface area contributed by atoms with E-state index in [1.54, 1.807) is 0 Å². The average Bonchev–Trinajstić information content (AvgIpc) is 2.35. The molecule has 0 heterocycles. The summed E-state index contributed by atoms with van der Waals surface area (Å²) in [6.45, 7) is 0. The van der Waals surface area contributed by atoms with Crippen LogP contribution in [-0.2, 0) is 0 Å². The lowest BCUT2D eigenvalue weighted by atomic mass is 10.1. The Morgan fingerprint density at radius 3 is 2.45 bits per heavy atom. The molecule has 2 aromatic rings. The lowest BCUT2D eigenvalue weighted by Crippen LogP contribution is -2.14. The van der Waals surface area contributed by atoms with E-state index < -0.39 is 29.0 Å². The third kappa shape index (κ3) is 2.77. The minimum Gasteiger partial charge on any atom is -0.453 e. The van der Waals surface area contributed by atoms with E-state index in [1.165, 1.54) is 18.2 Å². The molecule has 2 rings (SSSR count). The van der Waals surface area contributed by atoms with Crippen molar-refractivity contribution in [3.05, 3.63) is 57.8 Å². The first kappa shape index (κ1) is 14.4. The number of hydrogen-bond acceptors (Lipinski definition) is 2. The molecule has 0 aliphatic rings. The molecular weight excluding hydrogens is 337 g/mol. The fraction of sp³-hybridized carbons (Fsp3) is 0. The summed E-state index contributed by atoms with van der Waals surface area (Å²) >= 11 is 2.99. The topological polar surface area (TPSA) is 59.1 Å². The second kappa shape index (κ2) is 5.54. The van der Waals surface area contributed by atoms with Crippen molar-refractivity contribution >= 4 is 21.8 Å². The lowest BCUT2D eigenvalue weighted by Gasteiger charge is -2.12. The van der Waals surface area contributed by atoms with Crippen LogP contribution in [0.5, 0.6) is 11.5 Å². The summed E-state index contributed by atoms with van der Waals surface area (Å²) < 4.78 is 45.8. The van der Waals surface area contributed by atoms with Gasteiger partial charge in [-0.15, -0.1) is 0 Å². The third-order valence-corrected chi connectivity index (χ3v) is 2.88. The molecule has 0 bridgehead atoms. The quantitative estimate of drug-likeness (QED) is 0.503. The Labute approximate surface area is 120 Å². The van der Waals surface area contributed by atoms with Crippen LogP contribution in [0.15, 0.2) is 34.8 Å². The first-order valence-corrected chi connectivity index (χ1v) is 6.14. The number of nitrogen functional groups attached to an aromatic ring is 1. The first-order chi connectivity index (χ1) is 9.40. The highest BCUT2D eigenvalue weighted by Gasteiger charge is 2.17. The van der Waals surface area contributed by atoms with Gasteiger partial charge >= 0.3 is 0 Å². The number of halogens is 4. The highest BCUT2D eigenvalue weighted by molar-refractivity contribution is 9.10. The normalized spacial score (nSPS) is 10.4. The van der Waals surface area contributed by atoms with E-state index in [2.05, 4.69) is 15.9 Å². The molecule has 0 atom stereocenters. The Bertz CT molecular complexity index is 692. The van der Waals surface area contributed by atoms with Crippen LogP contribution in [0, 0.1) is 22.9 Å². The van der Waals surface area contributed by atoms with Crippen molar-refractivity contribution in [3.8, 4) is 11.5 Å². The second-order valence-electron chi connectivity index (χ2n) is 3.83. The first-order valence-electron chi connectivity index (χ1n) is 5.35. The van der Waals surface area contributed by atoms with Gasteiger partial charge in [-0.25, -0.2) is 8.78 Å². The fourth-order valence-electron chi connectivity index (χ4n) is 1.58. The van der Waals surface area contributed by atoms with Crippen molar-refractivity contribution in [1.82, 2.24) is 0 Å². The van der Waals surface area contributed by atoms with Crippen molar-refractivity contribution < 1.29 is 17.9 Å². The maximum atomic E-state index is 13.6. The van der Waals surface area contributed by atoms with Gasteiger partial charge in [0.2, 0.25) is 5.82 Å². The smallest absolute Gasteiger partial charge is 0.201 e. The van der Waals surface area contributed by atoms with Gasteiger partial charge in [0, 0.05) is 4.47 Å². The molecular formula is C13H8BrF3N2O. The lowest BCUT2D eigenvalue weighted by molar-refractivity contribution is 0.412. The molecule has 0 saturated heterocycles. The van der Waals surface area contributed by atoms with Crippen LogP contribution in [0.25, 0.3) is 0 Å². The van der Waals surface area contributed by atoms with Crippen molar-refractivity contribution in [2.75, 3.05) is 0 Å². The summed E-state index contributed by atoms with van der Waals surface area (Å²) in [5, 5.41) is 7.30. The maximum Gasteiger partial charge on any atom is 0.201 e. The number of amidine groups is 1. The Morgan fingerprint density at radius 1 is 1.10 bits per heavy atom. The largest absolute Gasteiger partial charge is 0.453 e. The van der Waals surface area contributed by atoms with E-state index in [0.29, 0.717) is 0 Å². The van der Waals surface area contributed by atoms with E-state index in [4.69, 9.17) is 15.9 Å². The second-order valence-corrected chi connectivity index (χ2v) is 4.74. The zero-order valence-electron chi connectivity index (χ0n) is 9.88. The summed E-state index contributed by atoms with van der Waals surface area (Å²) in [7, 11) is 0. The molecule has 0 amide bonds. The van der Waals surface area contributed by atoms with Gasteiger partial charge in [0.15, 0.2) is 11.6 Å². The summed E-state index contributed by atoms with van der Waals surface area (Å²) in [6, 6.07) is 5.82. The van der Waals surface area contributed by atoms with Crippen LogP contribution in [0.1, 0.15) is 5.56 Å². The Kier molecular flexibility index (Phi) is 3.99. The molecule has 7 heteroatoms. The van der Waals surface area contributed by atoms with Gasteiger partial charge in [-0.3, -0.25) is 5.41 Å². The molecule has 3 nitrogen and oxygen atoms in total. The molecule has 2 aromatic carbocycles. The number of nitrogens with one attached hydrogen (secondary N) is 1. The molecule has 0 aliphatic carbocycles. The van der Waals surface area contributed by atoms with Crippen LogP contribution in [-0.4, -0.2) is 5.84 Å². The van der Waals surface area contributed by atoms with Gasteiger partial charge in [-0.1, -0.05) is 22.0 Å². The molecule has 0 aliphatic heterocycles. The number of ether oxygens (including phenoxy) is 1. The molecule has 20 heavy (non-hydrogen) atoms. The third-order valence-electron chi connectivity index (χ3n) is 2.42. The number of hydrogen-bond donors (Lipinski definition) is 2. The number of rotatable bonds is 3. The van der Waals surface area contributed by atoms with E-state index in [-0.39, 0.29) is 15.8 Å². The minimum absolute atomic E-state index is 0.172. The van der Waals surface area contributed by atoms with Gasteiger partial charge in [0.1, 0.15) is 17.4 Å². The van der Waals surface area contributed by atoms with E-state index in [9.17, 15) is 13.2 Å². The summed E-state index contributed by atoms with van der Waals surface area (Å²) in [4.78, 5) is 0. The van der Waals surface area contributed by atoms with Crippen LogP contribution < -0.4 is 10.5 Å². The van der Waals surface area contributed by atoms with Crippen LogP contribution >= 0.6 is 15.9 Å². The molecule has 0 unspecified atom stereocenters. The van der Waals surface area contributed by atoms with Gasteiger partial charge < -0.3 is 10.5 Å².